The van der Waals surface area contributed by atoms with Gasteiger partial charge in [0, 0.05) is 23.5 Å². The normalized spacial score (nSPS) is 20.1. The summed E-state index contributed by atoms with van der Waals surface area (Å²) >= 11 is 3.07. The quantitative estimate of drug-likeness (QED) is 0.529. The minimum Gasteiger partial charge on any atom is -0.298 e. The smallest absolute Gasteiger partial charge is 0.257 e. The van der Waals surface area contributed by atoms with Crippen LogP contribution in [0.25, 0.3) is 10.2 Å². The molecule has 2 unspecified atom stereocenters. The van der Waals surface area contributed by atoms with Crippen LogP contribution in [0.4, 0.5) is 5.13 Å². The van der Waals surface area contributed by atoms with Crippen LogP contribution < -0.4 is 5.32 Å². The van der Waals surface area contributed by atoms with Crippen LogP contribution in [0.1, 0.15) is 30.6 Å². The zero-order valence-electron chi connectivity index (χ0n) is 17.7. The number of carbonyl (C=O) groups is 1. The highest BCUT2D eigenvalue weighted by Crippen LogP contribution is 2.30. The molecular formula is C22H25N3O3S3. The summed E-state index contributed by atoms with van der Waals surface area (Å²) < 4.78 is 28.6. The number of thiazole rings is 1. The molecule has 2 heterocycles. The maximum atomic E-state index is 13.0. The average molecular weight is 476 g/mol. The van der Waals surface area contributed by atoms with Gasteiger partial charge in [-0.3, -0.25) is 10.1 Å². The Labute approximate surface area is 191 Å². The van der Waals surface area contributed by atoms with Gasteiger partial charge in [-0.15, -0.1) is 11.8 Å². The fraction of sp³-hybridized carbons (Fsp3) is 0.364. The average Bonchev–Trinajstić information content (AvgIpc) is 3.14. The monoisotopic (exact) mass is 475 g/mol. The van der Waals surface area contributed by atoms with E-state index in [-0.39, 0.29) is 10.8 Å². The summed E-state index contributed by atoms with van der Waals surface area (Å²) in [4.78, 5) is 18.5. The Morgan fingerprint density at radius 3 is 2.45 bits per heavy atom. The van der Waals surface area contributed by atoms with Gasteiger partial charge in [0.05, 0.1) is 15.1 Å². The lowest BCUT2D eigenvalue weighted by molar-refractivity contribution is 0.102. The third-order valence-corrected chi connectivity index (χ3v) is 8.91. The summed E-state index contributed by atoms with van der Waals surface area (Å²) in [6, 6.07) is 12.1. The lowest BCUT2D eigenvalue weighted by Gasteiger charge is -2.34. The van der Waals surface area contributed by atoms with E-state index >= 15 is 0 Å². The Hall–Kier alpha value is -1.94. The molecule has 31 heavy (non-hydrogen) atoms. The molecule has 1 fully saturated rings. The fourth-order valence-electron chi connectivity index (χ4n) is 3.98. The molecule has 0 spiro atoms. The second-order valence-electron chi connectivity index (χ2n) is 8.10. The van der Waals surface area contributed by atoms with Crippen molar-refractivity contribution in [2.24, 2.45) is 11.8 Å². The molecule has 6 nitrogen and oxygen atoms in total. The fourth-order valence-corrected chi connectivity index (χ4v) is 7.08. The second kappa shape index (κ2) is 8.90. The van der Waals surface area contributed by atoms with Gasteiger partial charge in [0.25, 0.3) is 5.91 Å². The number of anilines is 1. The number of nitrogens with one attached hydrogen (secondary N) is 1. The number of sulfonamides is 1. The third-order valence-electron chi connectivity index (χ3n) is 5.41. The maximum Gasteiger partial charge on any atom is 0.257 e. The lowest BCUT2D eigenvalue weighted by atomic mass is 9.94. The molecule has 2 aromatic carbocycles. The number of rotatable bonds is 5. The molecule has 0 aliphatic carbocycles. The Balaban J connectivity index is 1.49. The Bertz CT molecular complexity index is 1200. The molecule has 164 valence electrons. The number of amides is 1. The SMILES string of the molecule is CSc1ccc2nc(NC(=O)c3ccc(S(=O)(=O)N4CC(C)CC(C)C4)cc3)sc2c1. The van der Waals surface area contributed by atoms with Crippen molar-refractivity contribution < 1.29 is 13.2 Å². The molecule has 3 aromatic rings. The van der Waals surface area contributed by atoms with Crippen molar-refractivity contribution in [1.29, 1.82) is 0 Å². The molecule has 2 atom stereocenters. The number of thioether (sulfide) groups is 1. The van der Waals surface area contributed by atoms with Crippen molar-refractivity contribution in [2.45, 2.75) is 30.1 Å². The van der Waals surface area contributed by atoms with E-state index in [0.717, 1.165) is 21.5 Å². The van der Waals surface area contributed by atoms with E-state index in [2.05, 4.69) is 30.2 Å². The van der Waals surface area contributed by atoms with Crippen molar-refractivity contribution in [2.75, 3.05) is 24.7 Å². The summed E-state index contributed by atoms with van der Waals surface area (Å²) in [5.74, 6) is 0.363. The van der Waals surface area contributed by atoms with Crippen molar-refractivity contribution in [3.8, 4) is 0 Å². The summed E-state index contributed by atoms with van der Waals surface area (Å²) in [5, 5.41) is 3.34. The number of fused-ring (bicyclic) bond motifs is 1. The van der Waals surface area contributed by atoms with Gasteiger partial charge >= 0.3 is 0 Å². The molecular weight excluding hydrogens is 450 g/mol. The molecule has 1 aliphatic rings. The topological polar surface area (TPSA) is 79.4 Å². The zero-order chi connectivity index (χ0) is 22.2. The highest BCUT2D eigenvalue weighted by atomic mass is 32.2. The van der Waals surface area contributed by atoms with Gasteiger partial charge in [0.2, 0.25) is 10.0 Å². The van der Waals surface area contributed by atoms with Crippen LogP contribution >= 0.6 is 23.1 Å². The predicted octanol–water partition coefficient (Wildman–Crippen LogP) is 4.94. The van der Waals surface area contributed by atoms with E-state index < -0.39 is 10.0 Å². The lowest BCUT2D eigenvalue weighted by Crippen LogP contribution is -2.42. The van der Waals surface area contributed by atoms with Crippen LogP contribution in [-0.4, -0.2) is 43.0 Å². The van der Waals surface area contributed by atoms with Gasteiger partial charge in [-0.25, -0.2) is 13.4 Å². The van der Waals surface area contributed by atoms with E-state index in [4.69, 9.17) is 0 Å². The van der Waals surface area contributed by atoms with E-state index in [1.54, 1.807) is 28.2 Å². The molecule has 1 aromatic heterocycles. The van der Waals surface area contributed by atoms with Gasteiger partial charge in [-0.1, -0.05) is 25.2 Å². The van der Waals surface area contributed by atoms with Crippen LogP contribution in [0.3, 0.4) is 0 Å². The number of hydrogen-bond donors (Lipinski definition) is 1. The third kappa shape index (κ3) is 4.79. The summed E-state index contributed by atoms with van der Waals surface area (Å²) in [6.45, 7) is 5.22. The van der Waals surface area contributed by atoms with Gasteiger partial charge < -0.3 is 0 Å². The van der Waals surface area contributed by atoms with Gasteiger partial charge in [-0.2, -0.15) is 4.31 Å². The largest absolute Gasteiger partial charge is 0.298 e. The van der Waals surface area contributed by atoms with E-state index in [1.807, 2.05) is 18.4 Å². The molecule has 1 aliphatic heterocycles. The number of aromatic nitrogens is 1. The van der Waals surface area contributed by atoms with Crippen LogP contribution in [-0.2, 0) is 10.0 Å². The second-order valence-corrected chi connectivity index (χ2v) is 11.9. The first-order valence-corrected chi connectivity index (χ1v) is 13.6. The van der Waals surface area contributed by atoms with Crippen LogP contribution in [0.2, 0.25) is 0 Å². The van der Waals surface area contributed by atoms with Gasteiger partial charge in [0.15, 0.2) is 5.13 Å². The molecule has 1 amide bonds. The summed E-state index contributed by atoms with van der Waals surface area (Å²) in [7, 11) is -3.56. The highest BCUT2D eigenvalue weighted by molar-refractivity contribution is 7.98. The van der Waals surface area contributed by atoms with Gasteiger partial charge in [-0.05, 0) is 67.0 Å². The van der Waals surface area contributed by atoms with Crippen molar-refractivity contribution in [3.05, 3.63) is 48.0 Å². The van der Waals surface area contributed by atoms with E-state index in [1.165, 1.54) is 23.5 Å². The molecule has 0 saturated carbocycles. The highest BCUT2D eigenvalue weighted by Gasteiger charge is 2.31. The van der Waals surface area contributed by atoms with Crippen LogP contribution in [0.15, 0.2) is 52.3 Å². The first-order chi connectivity index (χ1) is 14.8. The first-order valence-electron chi connectivity index (χ1n) is 10.1. The predicted molar refractivity (Wildman–Crippen MR) is 128 cm³/mol. The first kappa shape index (κ1) is 22.3. The van der Waals surface area contributed by atoms with Gasteiger partial charge in [0.1, 0.15) is 0 Å². The van der Waals surface area contributed by atoms with Crippen LogP contribution in [0, 0.1) is 11.8 Å². The molecule has 0 radical (unpaired) electrons. The number of piperidine rings is 1. The number of hydrogen-bond acceptors (Lipinski definition) is 6. The summed E-state index contributed by atoms with van der Waals surface area (Å²) in [5.41, 5.74) is 1.23. The molecule has 1 saturated heterocycles. The van der Waals surface area contributed by atoms with E-state index in [0.29, 0.717) is 35.6 Å². The molecule has 0 bridgehead atoms. The van der Waals surface area contributed by atoms with Crippen LogP contribution in [0.5, 0.6) is 0 Å². The minimum atomic E-state index is -3.56. The number of carbonyl (C=O) groups excluding carboxylic acids is 1. The van der Waals surface area contributed by atoms with Crippen molar-refractivity contribution in [3.63, 3.8) is 0 Å². The van der Waals surface area contributed by atoms with Crippen molar-refractivity contribution in [1.82, 2.24) is 9.29 Å². The molecule has 4 rings (SSSR count). The Morgan fingerprint density at radius 2 is 1.81 bits per heavy atom. The number of nitrogens with zero attached hydrogens (tertiary/aromatic N) is 2. The molecule has 9 heteroatoms. The summed E-state index contributed by atoms with van der Waals surface area (Å²) in [6.07, 6.45) is 3.05. The minimum absolute atomic E-state index is 0.218. The maximum absolute atomic E-state index is 13.0. The van der Waals surface area contributed by atoms with Crippen molar-refractivity contribution >= 4 is 54.4 Å². The standard InChI is InChI=1S/C22H25N3O3S3/c1-14-10-15(2)13-25(12-14)31(27,28)18-7-4-16(5-8-18)21(26)24-22-23-19-9-6-17(29-3)11-20(19)30-22/h4-9,11,14-15H,10,12-13H2,1-3H3,(H,23,24,26). The van der Waals surface area contributed by atoms with E-state index in [9.17, 15) is 13.2 Å². The Kier molecular flexibility index (Phi) is 6.39. The Morgan fingerprint density at radius 1 is 1.13 bits per heavy atom. The number of benzene rings is 2. The molecule has 1 N–H and O–H groups in total. The zero-order valence-corrected chi connectivity index (χ0v) is 20.1.